The molecule has 8 nitrogen and oxygen atoms in total. The number of aliphatic hydroxyl groups excluding tert-OH is 1. The first kappa shape index (κ1) is 22.7. The number of halogens is 1. The van der Waals surface area contributed by atoms with Gasteiger partial charge in [-0.2, -0.15) is 5.10 Å². The first-order chi connectivity index (χ1) is 14.4. The molecule has 0 aliphatic carbocycles. The molecule has 2 heterocycles. The summed E-state index contributed by atoms with van der Waals surface area (Å²) in [6.45, 7) is 3.73. The van der Waals surface area contributed by atoms with Gasteiger partial charge in [-0.3, -0.25) is 19.1 Å². The largest absolute Gasteiger partial charge is 0.395 e. The molecule has 3 N–H and O–H groups in total. The summed E-state index contributed by atoms with van der Waals surface area (Å²) in [6, 6.07) is 8.53. The van der Waals surface area contributed by atoms with Crippen LogP contribution in [0.2, 0.25) is 5.02 Å². The fourth-order valence-corrected chi connectivity index (χ4v) is 4.95. The van der Waals surface area contributed by atoms with Gasteiger partial charge in [0.15, 0.2) is 0 Å². The number of aryl methyl sites for hydroxylation is 2. The van der Waals surface area contributed by atoms with Crippen molar-refractivity contribution in [1.29, 1.82) is 0 Å². The van der Waals surface area contributed by atoms with E-state index in [1.54, 1.807) is 36.0 Å². The van der Waals surface area contributed by atoms with Crippen molar-refractivity contribution < 1.29 is 14.1 Å². The van der Waals surface area contributed by atoms with Crippen LogP contribution in [0.1, 0.15) is 19.0 Å². The lowest BCUT2D eigenvalue weighted by Gasteiger charge is -2.43. The highest BCUT2D eigenvalue weighted by Gasteiger charge is 2.36. The van der Waals surface area contributed by atoms with E-state index in [9.17, 15) is 14.1 Å². The normalized spacial score (nSPS) is 16.7. The molecule has 1 aliphatic rings. The highest BCUT2D eigenvalue weighted by molar-refractivity contribution is 7.85. The molecule has 0 radical (unpaired) electrons. The third-order valence-electron chi connectivity index (χ3n) is 5.25. The van der Waals surface area contributed by atoms with E-state index in [0.717, 1.165) is 17.0 Å². The molecule has 10 heteroatoms. The minimum Gasteiger partial charge on any atom is -0.395 e. The third-order valence-corrected chi connectivity index (χ3v) is 7.14. The first-order valence-corrected chi connectivity index (χ1v) is 11.6. The van der Waals surface area contributed by atoms with E-state index in [1.807, 2.05) is 13.0 Å². The predicted octanol–water partition coefficient (Wildman–Crippen LogP) is 2.00. The molecule has 0 bridgehead atoms. The van der Waals surface area contributed by atoms with Crippen LogP contribution in [-0.4, -0.2) is 67.6 Å². The van der Waals surface area contributed by atoms with E-state index in [1.165, 1.54) is 0 Å². The maximum absolute atomic E-state index is 12.6. The number of amides is 2. The van der Waals surface area contributed by atoms with Crippen molar-refractivity contribution in [2.24, 2.45) is 7.05 Å². The van der Waals surface area contributed by atoms with Gasteiger partial charge in [-0.05, 0) is 37.1 Å². The Morgan fingerprint density at radius 3 is 2.67 bits per heavy atom. The van der Waals surface area contributed by atoms with Crippen molar-refractivity contribution in [3.8, 4) is 0 Å². The van der Waals surface area contributed by atoms with E-state index in [0.29, 0.717) is 36.9 Å². The summed E-state index contributed by atoms with van der Waals surface area (Å²) >= 11 is 5.89. The van der Waals surface area contributed by atoms with Gasteiger partial charge in [-0.15, -0.1) is 0 Å². The molecule has 0 spiro atoms. The number of rotatable bonds is 9. The van der Waals surface area contributed by atoms with Crippen LogP contribution in [0, 0.1) is 0 Å². The van der Waals surface area contributed by atoms with E-state index in [4.69, 9.17) is 11.6 Å². The molecule has 2 atom stereocenters. The lowest BCUT2D eigenvalue weighted by Crippen LogP contribution is -2.58. The maximum atomic E-state index is 12.6. The Morgan fingerprint density at radius 2 is 2.07 bits per heavy atom. The Balaban J connectivity index is 1.41. The number of benzene rings is 1. The first-order valence-electron chi connectivity index (χ1n) is 10.00. The maximum Gasteiger partial charge on any atom is 0.320 e. The number of carbonyl (C=O) groups is 1. The van der Waals surface area contributed by atoms with Crippen molar-refractivity contribution in [1.82, 2.24) is 20.0 Å². The van der Waals surface area contributed by atoms with Gasteiger partial charge in [0, 0.05) is 48.7 Å². The van der Waals surface area contributed by atoms with Crippen LogP contribution in [0.25, 0.3) is 0 Å². The van der Waals surface area contributed by atoms with Gasteiger partial charge in [-0.25, -0.2) is 4.79 Å². The Labute approximate surface area is 184 Å². The molecular weight excluding hydrogens is 426 g/mol. The van der Waals surface area contributed by atoms with E-state index in [2.05, 4.69) is 20.6 Å². The number of urea groups is 1. The fraction of sp³-hybridized carbons (Fsp3) is 0.500. The van der Waals surface area contributed by atoms with Crippen LogP contribution in [0.5, 0.6) is 0 Å². The lowest BCUT2D eigenvalue weighted by molar-refractivity contribution is 0.0708. The molecule has 1 saturated heterocycles. The van der Waals surface area contributed by atoms with Crippen LogP contribution in [0.4, 0.5) is 10.6 Å². The number of anilines is 1. The van der Waals surface area contributed by atoms with Crippen LogP contribution in [0.15, 0.2) is 35.2 Å². The topological polar surface area (TPSA) is 99.5 Å². The second kappa shape index (κ2) is 10.4. The van der Waals surface area contributed by atoms with Crippen molar-refractivity contribution in [2.75, 3.05) is 31.6 Å². The highest BCUT2D eigenvalue weighted by atomic mass is 35.5. The summed E-state index contributed by atoms with van der Waals surface area (Å²) in [5.41, 5.74) is 0.913. The van der Waals surface area contributed by atoms with Gasteiger partial charge in [0.2, 0.25) is 0 Å². The van der Waals surface area contributed by atoms with Crippen LogP contribution in [0.3, 0.4) is 0 Å². The van der Waals surface area contributed by atoms with Crippen molar-refractivity contribution in [2.45, 2.75) is 36.0 Å². The zero-order chi connectivity index (χ0) is 21.7. The molecule has 0 saturated carbocycles. The summed E-state index contributed by atoms with van der Waals surface area (Å²) < 4.78 is 14.3. The standard InChI is InChI=1S/C20H28ClN5O3S/c1-3-15-10-19(25(2)24-15)23-20(28)22-9-8-16(13-27)26-11-18(12-26)30(29)17-6-4-14(21)5-7-17/h4-7,10,16,18,27H,3,8-9,11-13H2,1-2H3,(H2,22,23,28)/t16-,30?/m0/s1. The monoisotopic (exact) mass is 453 g/mol. The Morgan fingerprint density at radius 1 is 1.37 bits per heavy atom. The van der Waals surface area contributed by atoms with E-state index >= 15 is 0 Å². The van der Waals surface area contributed by atoms with Gasteiger partial charge in [0.1, 0.15) is 5.82 Å². The van der Waals surface area contributed by atoms with Crippen LogP contribution >= 0.6 is 11.6 Å². The predicted molar refractivity (Wildman–Crippen MR) is 118 cm³/mol. The molecule has 30 heavy (non-hydrogen) atoms. The highest BCUT2D eigenvalue weighted by Crippen LogP contribution is 2.24. The van der Waals surface area contributed by atoms with E-state index in [-0.39, 0.29) is 23.9 Å². The third kappa shape index (κ3) is 5.60. The number of carbonyl (C=O) groups excluding carboxylic acids is 1. The van der Waals surface area contributed by atoms with Gasteiger partial charge in [-0.1, -0.05) is 18.5 Å². The molecule has 2 amide bonds. The molecule has 1 aromatic carbocycles. The smallest absolute Gasteiger partial charge is 0.320 e. The molecule has 164 valence electrons. The number of nitrogens with zero attached hydrogens (tertiary/aromatic N) is 3. The summed E-state index contributed by atoms with van der Waals surface area (Å²) in [5, 5.41) is 20.3. The Hall–Kier alpha value is -1.94. The number of aliphatic hydroxyl groups is 1. The summed E-state index contributed by atoms with van der Waals surface area (Å²) in [5.74, 6) is 0.637. The van der Waals surface area contributed by atoms with E-state index < -0.39 is 10.8 Å². The van der Waals surface area contributed by atoms with Crippen LogP contribution < -0.4 is 10.6 Å². The average molecular weight is 454 g/mol. The van der Waals surface area contributed by atoms with Crippen molar-refractivity contribution in [3.63, 3.8) is 0 Å². The molecule has 3 rings (SSSR count). The molecule has 1 fully saturated rings. The number of nitrogens with one attached hydrogen (secondary N) is 2. The summed E-state index contributed by atoms with van der Waals surface area (Å²) in [7, 11) is 0.687. The molecule has 1 aromatic heterocycles. The second-order valence-electron chi connectivity index (χ2n) is 7.33. The number of hydrogen-bond donors (Lipinski definition) is 3. The number of hydrogen-bond acceptors (Lipinski definition) is 5. The second-order valence-corrected chi connectivity index (χ2v) is 9.50. The van der Waals surface area contributed by atoms with Gasteiger partial charge in [0.25, 0.3) is 0 Å². The summed E-state index contributed by atoms with van der Waals surface area (Å²) in [6.07, 6.45) is 1.41. The van der Waals surface area contributed by atoms with Crippen LogP contribution in [-0.2, 0) is 24.3 Å². The zero-order valence-electron chi connectivity index (χ0n) is 17.2. The molecule has 1 unspecified atom stereocenters. The van der Waals surface area contributed by atoms with Crippen molar-refractivity contribution in [3.05, 3.63) is 41.0 Å². The fourth-order valence-electron chi connectivity index (χ4n) is 3.38. The minimum absolute atomic E-state index is 0.00874. The molecular formula is C20H28ClN5O3S. The van der Waals surface area contributed by atoms with Crippen molar-refractivity contribution >= 4 is 34.2 Å². The zero-order valence-corrected chi connectivity index (χ0v) is 18.7. The quantitative estimate of drug-likeness (QED) is 0.539. The Kier molecular flexibility index (Phi) is 7.87. The van der Waals surface area contributed by atoms with Gasteiger partial charge in [0.05, 0.1) is 28.4 Å². The molecule has 1 aliphatic heterocycles. The number of aromatic nitrogens is 2. The molecule has 2 aromatic rings. The van der Waals surface area contributed by atoms with Gasteiger partial charge >= 0.3 is 6.03 Å². The lowest BCUT2D eigenvalue weighted by atomic mass is 10.1. The minimum atomic E-state index is -1.10. The number of likely N-dealkylation sites (tertiary alicyclic amines) is 1. The van der Waals surface area contributed by atoms with Gasteiger partial charge < -0.3 is 10.4 Å². The average Bonchev–Trinajstić information content (AvgIpc) is 3.05. The SMILES string of the molecule is CCc1cc(NC(=O)NCC[C@@H](CO)N2CC(S(=O)c3ccc(Cl)cc3)C2)n(C)n1. The Bertz CT molecular complexity index is 883. The summed E-state index contributed by atoms with van der Waals surface area (Å²) in [4.78, 5) is 15.0.